The Bertz CT molecular complexity index is 1100. The summed E-state index contributed by atoms with van der Waals surface area (Å²) >= 11 is 0. The van der Waals surface area contributed by atoms with Crippen molar-refractivity contribution in [3.8, 4) is 22.9 Å². The number of hydrogen-bond acceptors (Lipinski definition) is 7. The molecule has 28 heavy (non-hydrogen) atoms. The largest absolute Gasteiger partial charge is 0.454 e. The maximum absolute atomic E-state index is 12.5. The number of nitrogens with zero attached hydrogens (tertiary/aromatic N) is 1. The van der Waals surface area contributed by atoms with Gasteiger partial charge in [0.1, 0.15) is 10.6 Å². The summed E-state index contributed by atoms with van der Waals surface area (Å²) in [6.07, 6.45) is 2.96. The zero-order valence-corrected chi connectivity index (χ0v) is 16.4. The highest BCUT2D eigenvalue weighted by Crippen LogP contribution is 2.39. The molecule has 0 unspecified atom stereocenters. The summed E-state index contributed by atoms with van der Waals surface area (Å²) in [5, 5.41) is 6.88. The van der Waals surface area contributed by atoms with Crippen molar-refractivity contribution in [1.82, 2.24) is 10.1 Å². The summed E-state index contributed by atoms with van der Waals surface area (Å²) < 4.78 is 35.5. The minimum atomic E-state index is -3.65. The third kappa shape index (κ3) is 4.61. The van der Waals surface area contributed by atoms with E-state index in [4.69, 9.17) is 4.74 Å². The van der Waals surface area contributed by atoms with Gasteiger partial charge in [-0.2, -0.15) is 0 Å². The number of ether oxygens (including phenoxy) is 1. The van der Waals surface area contributed by atoms with Gasteiger partial charge in [0.05, 0.1) is 5.69 Å². The van der Waals surface area contributed by atoms with E-state index in [1.165, 1.54) is 6.07 Å². The van der Waals surface area contributed by atoms with Gasteiger partial charge < -0.3 is 10.1 Å². The van der Waals surface area contributed by atoms with Crippen LogP contribution in [-0.4, -0.2) is 31.4 Å². The molecule has 3 rings (SSSR count). The SMILES string of the molecule is CCCCNc1cc(-c2noc(=O)[nH]2)cc(S(C)(=O)=O)c1Oc1ccccc1. The lowest BCUT2D eigenvalue weighted by molar-refractivity contribution is 0.388. The second kappa shape index (κ2) is 8.30. The maximum atomic E-state index is 12.5. The molecule has 0 aliphatic heterocycles. The van der Waals surface area contributed by atoms with E-state index in [1.54, 1.807) is 30.3 Å². The summed E-state index contributed by atoms with van der Waals surface area (Å²) in [6.45, 7) is 2.69. The van der Waals surface area contributed by atoms with Crippen molar-refractivity contribution in [2.45, 2.75) is 24.7 Å². The minimum absolute atomic E-state index is 0.0169. The number of rotatable bonds is 8. The zero-order valence-electron chi connectivity index (χ0n) is 15.6. The molecule has 8 nitrogen and oxygen atoms in total. The van der Waals surface area contributed by atoms with Crippen LogP contribution in [0.4, 0.5) is 5.69 Å². The van der Waals surface area contributed by atoms with Crippen molar-refractivity contribution in [1.29, 1.82) is 0 Å². The van der Waals surface area contributed by atoms with Gasteiger partial charge in [0.2, 0.25) is 0 Å². The van der Waals surface area contributed by atoms with Crippen LogP contribution in [0.2, 0.25) is 0 Å². The van der Waals surface area contributed by atoms with E-state index in [1.807, 2.05) is 6.07 Å². The van der Waals surface area contributed by atoms with E-state index in [-0.39, 0.29) is 16.5 Å². The number of anilines is 1. The summed E-state index contributed by atoms with van der Waals surface area (Å²) in [5.41, 5.74) is 0.879. The Morgan fingerprint density at radius 2 is 1.96 bits per heavy atom. The molecule has 0 radical (unpaired) electrons. The lowest BCUT2D eigenvalue weighted by Crippen LogP contribution is -2.08. The van der Waals surface area contributed by atoms with Gasteiger partial charge in [-0.05, 0) is 30.7 Å². The minimum Gasteiger partial charge on any atom is -0.454 e. The van der Waals surface area contributed by atoms with E-state index >= 15 is 0 Å². The first kappa shape index (κ1) is 19.7. The molecule has 0 amide bonds. The second-order valence-electron chi connectivity index (χ2n) is 6.26. The molecule has 1 heterocycles. The van der Waals surface area contributed by atoms with Crippen LogP contribution in [0.5, 0.6) is 11.5 Å². The summed E-state index contributed by atoms with van der Waals surface area (Å²) in [5.74, 6) is 0.119. The maximum Gasteiger partial charge on any atom is 0.439 e. The average molecular weight is 403 g/mol. The molecular weight excluding hydrogens is 382 g/mol. The number of aromatic amines is 1. The second-order valence-corrected chi connectivity index (χ2v) is 8.25. The molecule has 0 bridgehead atoms. The highest BCUT2D eigenvalue weighted by atomic mass is 32.2. The van der Waals surface area contributed by atoms with Crippen LogP contribution in [0.3, 0.4) is 0 Å². The van der Waals surface area contributed by atoms with Crippen LogP contribution in [-0.2, 0) is 9.84 Å². The monoisotopic (exact) mass is 403 g/mol. The molecule has 3 aromatic rings. The number of benzene rings is 2. The van der Waals surface area contributed by atoms with Crippen molar-refractivity contribution in [2.24, 2.45) is 0 Å². The molecule has 148 valence electrons. The number of H-pyrrole nitrogens is 1. The van der Waals surface area contributed by atoms with Gasteiger partial charge in [0, 0.05) is 18.4 Å². The highest BCUT2D eigenvalue weighted by molar-refractivity contribution is 7.90. The van der Waals surface area contributed by atoms with Crippen LogP contribution in [0, 0.1) is 0 Å². The van der Waals surface area contributed by atoms with Gasteiger partial charge in [-0.3, -0.25) is 9.51 Å². The van der Waals surface area contributed by atoms with E-state index in [9.17, 15) is 13.2 Å². The number of unbranched alkanes of at least 4 members (excludes halogenated alkanes) is 1. The Hall–Kier alpha value is -3.07. The van der Waals surface area contributed by atoms with E-state index < -0.39 is 15.6 Å². The first-order valence-corrected chi connectivity index (χ1v) is 10.7. The third-order valence-corrected chi connectivity index (χ3v) is 5.08. The molecule has 0 spiro atoms. The molecule has 1 aromatic heterocycles. The summed E-state index contributed by atoms with van der Waals surface area (Å²) in [4.78, 5) is 13.7. The fourth-order valence-corrected chi connectivity index (χ4v) is 3.44. The van der Waals surface area contributed by atoms with Gasteiger partial charge in [0.15, 0.2) is 21.4 Å². The predicted molar refractivity (Wildman–Crippen MR) is 106 cm³/mol. The van der Waals surface area contributed by atoms with Crippen LogP contribution in [0.25, 0.3) is 11.4 Å². The van der Waals surface area contributed by atoms with Crippen molar-refractivity contribution in [3.63, 3.8) is 0 Å². The van der Waals surface area contributed by atoms with Gasteiger partial charge >= 0.3 is 5.76 Å². The summed E-state index contributed by atoms with van der Waals surface area (Å²) in [7, 11) is -3.65. The fourth-order valence-electron chi connectivity index (χ4n) is 2.61. The molecule has 0 saturated heterocycles. The van der Waals surface area contributed by atoms with Crippen molar-refractivity contribution < 1.29 is 17.7 Å². The van der Waals surface area contributed by atoms with Gasteiger partial charge in [0.25, 0.3) is 0 Å². The number of aromatic nitrogens is 2. The Balaban J connectivity index is 2.17. The lowest BCUT2D eigenvalue weighted by atomic mass is 10.1. The van der Waals surface area contributed by atoms with Crippen molar-refractivity contribution in [3.05, 3.63) is 53.0 Å². The van der Waals surface area contributed by atoms with Crippen molar-refractivity contribution >= 4 is 15.5 Å². The molecule has 0 saturated carbocycles. The van der Waals surface area contributed by atoms with Crippen molar-refractivity contribution in [2.75, 3.05) is 18.1 Å². The molecule has 2 N–H and O–H groups in total. The summed E-state index contributed by atoms with van der Waals surface area (Å²) in [6, 6.07) is 12.0. The standard InChI is InChI=1S/C19H21N3O5S/c1-3-4-10-20-15-11-13(18-21-19(23)27-22-18)12-16(28(2,24)25)17(15)26-14-8-6-5-7-9-14/h5-9,11-12,20H,3-4,10H2,1-2H3,(H,21,22,23). The van der Waals surface area contributed by atoms with Crippen LogP contribution < -0.4 is 15.8 Å². The average Bonchev–Trinajstić information content (AvgIpc) is 3.09. The normalized spacial score (nSPS) is 11.4. The number of sulfone groups is 1. The quantitative estimate of drug-likeness (QED) is 0.554. The molecule has 0 aliphatic rings. The smallest absolute Gasteiger partial charge is 0.439 e. The Labute approximate surface area is 162 Å². The Kier molecular flexibility index (Phi) is 5.84. The zero-order chi connectivity index (χ0) is 20.1. The van der Waals surface area contributed by atoms with Crippen LogP contribution in [0.1, 0.15) is 19.8 Å². The first-order valence-electron chi connectivity index (χ1n) is 8.79. The Morgan fingerprint density at radius 1 is 1.21 bits per heavy atom. The highest BCUT2D eigenvalue weighted by Gasteiger charge is 2.22. The fraction of sp³-hybridized carbons (Fsp3) is 0.263. The predicted octanol–water partition coefficient (Wildman–Crippen LogP) is 3.44. The number of nitrogens with one attached hydrogen (secondary N) is 2. The van der Waals surface area contributed by atoms with Crippen LogP contribution >= 0.6 is 0 Å². The Morgan fingerprint density at radius 3 is 2.57 bits per heavy atom. The topological polar surface area (TPSA) is 114 Å². The van der Waals surface area contributed by atoms with E-state index in [2.05, 4.69) is 26.9 Å². The van der Waals surface area contributed by atoms with E-state index in [0.717, 1.165) is 19.1 Å². The first-order chi connectivity index (χ1) is 13.4. The lowest BCUT2D eigenvalue weighted by Gasteiger charge is -2.17. The van der Waals surface area contributed by atoms with Gasteiger partial charge in [-0.25, -0.2) is 13.2 Å². The van der Waals surface area contributed by atoms with Gasteiger partial charge in [-0.1, -0.05) is 36.7 Å². The van der Waals surface area contributed by atoms with Crippen LogP contribution in [0.15, 0.2) is 56.7 Å². The molecule has 0 fully saturated rings. The third-order valence-electron chi connectivity index (χ3n) is 3.98. The number of para-hydroxylation sites is 1. The molecular formula is C19H21N3O5S. The molecule has 2 aromatic carbocycles. The molecule has 0 aliphatic carbocycles. The molecule has 0 atom stereocenters. The number of hydrogen-bond donors (Lipinski definition) is 2. The molecule has 9 heteroatoms. The van der Waals surface area contributed by atoms with Gasteiger partial charge in [-0.15, -0.1) is 0 Å². The van der Waals surface area contributed by atoms with E-state index in [0.29, 0.717) is 23.5 Å².